The van der Waals surface area contributed by atoms with E-state index in [0.717, 1.165) is 32.1 Å². The van der Waals surface area contributed by atoms with Crippen LogP contribution in [0.25, 0.3) is 0 Å². The zero-order valence-electron chi connectivity index (χ0n) is 18.6. The highest BCUT2D eigenvalue weighted by molar-refractivity contribution is 5.39. The number of aliphatic imine (C=N–C) groups is 2. The monoisotopic (exact) mass is 392 g/mol. The van der Waals surface area contributed by atoms with Gasteiger partial charge in [-0.15, -0.1) is 0 Å². The molecule has 0 aromatic heterocycles. The SMILES string of the molecule is CCCCCCCCCCCCCCCCC(CCCCC)(N=C=O)N=C=O. The van der Waals surface area contributed by atoms with Gasteiger partial charge in [-0.25, -0.2) is 9.59 Å². The van der Waals surface area contributed by atoms with Crippen LogP contribution in [0.2, 0.25) is 0 Å². The molecular weight excluding hydrogens is 348 g/mol. The zero-order valence-corrected chi connectivity index (χ0v) is 18.6. The van der Waals surface area contributed by atoms with Crippen molar-refractivity contribution < 1.29 is 9.59 Å². The fourth-order valence-electron chi connectivity index (χ4n) is 3.80. The second kappa shape index (κ2) is 20.5. The predicted octanol–water partition coefficient (Wildman–Crippen LogP) is 7.81. The molecule has 0 rings (SSSR count). The van der Waals surface area contributed by atoms with Crippen molar-refractivity contribution in [2.75, 3.05) is 0 Å². The Hall–Kier alpha value is -1.24. The fourth-order valence-corrected chi connectivity index (χ4v) is 3.80. The molecule has 0 fully saturated rings. The summed E-state index contributed by atoms with van der Waals surface area (Å²) in [6.45, 7) is 4.39. The van der Waals surface area contributed by atoms with Gasteiger partial charge < -0.3 is 0 Å². The van der Waals surface area contributed by atoms with Crippen LogP contribution < -0.4 is 0 Å². The standard InChI is InChI=1S/C24H44N2O2/c1-3-5-7-8-9-10-11-12-13-14-15-16-17-19-21-24(25-22-27,26-23-28)20-18-6-4-2/h3-21H2,1-2H3. The molecule has 0 heterocycles. The predicted molar refractivity (Wildman–Crippen MR) is 118 cm³/mol. The van der Waals surface area contributed by atoms with Crippen molar-refractivity contribution in [3.8, 4) is 0 Å². The van der Waals surface area contributed by atoms with Crippen LogP contribution in [-0.4, -0.2) is 17.8 Å². The summed E-state index contributed by atoms with van der Waals surface area (Å²) < 4.78 is 0. The molecular formula is C24H44N2O2. The third-order valence-corrected chi connectivity index (χ3v) is 5.62. The van der Waals surface area contributed by atoms with Crippen molar-refractivity contribution in [2.24, 2.45) is 9.98 Å². The lowest BCUT2D eigenvalue weighted by molar-refractivity contribution is 0.349. The normalized spacial score (nSPS) is 12.8. The van der Waals surface area contributed by atoms with Crippen LogP contribution in [0.3, 0.4) is 0 Å². The minimum absolute atomic E-state index is 0.643. The number of carbonyl (C=O) groups excluding carboxylic acids is 2. The topological polar surface area (TPSA) is 58.9 Å². The molecule has 0 aromatic rings. The summed E-state index contributed by atoms with van der Waals surface area (Å²) in [5.74, 6) is 0. The lowest BCUT2D eigenvalue weighted by Gasteiger charge is -2.22. The summed E-state index contributed by atoms with van der Waals surface area (Å²) in [6.07, 6.45) is 25.9. The second-order valence-corrected chi connectivity index (χ2v) is 8.19. The first-order valence-corrected chi connectivity index (χ1v) is 11.9. The van der Waals surface area contributed by atoms with Crippen LogP contribution in [-0.2, 0) is 9.59 Å². The second-order valence-electron chi connectivity index (χ2n) is 8.19. The van der Waals surface area contributed by atoms with E-state index in [4.69, 9.17) is 0 Å². The van der Waals surface area contributed by atoms with Crippen LogP contribution in [0.4, 0.5) is 0 Å². The highest BCUT2D eigenvalue weighted by atomic mass is 16.1. The van der Waals surface area contributed by atoms with E-state index in [0.29, 0.717) is 12.8 Å². The number of nitrogens with zero attached hydrogens (tertiary/aromatic N) is 2. The van der Waals surface area contributed by atoms with Gasteiger partial charge in [-0.2, -0.15) is 9.98 Å². The summed E-state index contributed by atoms with van der Waals surface area (Å²) in [7, 11) is 0. The van der Waals surface area contributed by atoms with Gasteiger partial charge >= 0.3 is 0 Å². The molecule has 4 heteroatoms. The molecule has 162 valence electrons. The Balaban J connectivity index is 3.76. The first-order chi connectivity index (χ1) is 13.7. The summed E-state index contributed by atoms with van der Waals surface area (Å²) in [6, 6.07) is 0. The van der Waals surface area contributed by atoms with Crippen LogP contribution in [0.1, 0.15) is 136 Å². The molecule has 0 aliphatic carbocycles. The maximum Gasteiger partial charge on any atom is 0.237 e. The van der Waals surface area contributed by atoms with E-state index >= 15 is 0 Å². The Labute approximate surface area is 173 Å². The van der Waals surface area contributed by atoms with Crippen molar-refractivity contribution in [1.29, 1.82) is 0 Å². The number of isocyanates is 2. The minimum atomic E-state index is -0.907. The van der Waals surface area contributed by atoms with Gasteiger partial charge in [0.2, 0.25) is 12.2 Å². The van der Waals surface area contributed by atoms with Gasteiger partial charge in [0.15, 0.2) is 5.66 Å². The first-order valence-electron chi connectivity index (χ1n) is 11.9. The molecule has 0 bridgehead atoms. The van der Waals surface area contributed by atoms with Crippen molar-refractivity contribution in [1.82, 2.24) is 0 Å². The quantitative estimate of drug-likeness (QED) is 0.114. The zero-order chi connectivity index (χ0) is 20.8. The third kappa shape index (κ3) is 15.8. The Kier molecular flexibility index (Phi) is 19.6. The summed E-state index contributed by atoms with van der Waals surface area (Å²) in [5, 5.41) is 0. The van der Waals surface area contributed by atoms with Crippen LogP contribution >= 0.6 is 0 Å². The molecule has 0 atom stereocenters. The number of hydrogen-bond acceptors (Lipinski definition) is 4. The van der Waals surface area contributed by atoms with Gasteiger partial charge in [-0.3, -0.25) is 0 Å². The van der Waals surface area contributed by atoms with E-state index in [1.54, 1.807) is 12.2 Å². The Morgan fingerprint density at radius 3 is 1.14 bits per heavy atom. The van der Waals surface area contributed by atoms with Crippen LogP contribution in [0, 0.1) is 0 Å². The van der Waals surface area contributed by atoms with E-state index in [2.05, 4.69) is 23.8 Å². The molecule has 28 heavy (non-hydrogen) atoms. The van der Waals surface area contributed by atoms with E-state index in [1.807, 2.05) is 0 Å². The third-order valence-electron chi connectivity index (χ3n) is 5.62. The molecule has 0 aromatic carbocycles. The summed E-state index contributed by atoms with van der Waals surface area (Å²) >= 11 is 0. The molecule has 0 aliphatic heterocycles. The van der Waals surface area contributed by atoms with Crippen molar-refractivity contribution in [3.63, 3.8) is 0 Å². The number of rotatable bonds is 21. The maximum absolute atomic E-state index is 10.8. The van der Waals surface area contributed by atoms with Gasteiger partial charge in [0.25, 0.3) is 0 Å². The number of hydrogen-bond donors (Lipinski definition) is 0. The molecule has 0 saturated carbocycles. The van der Waals surface area contributed by atoms with Gasteiger partial charge in [0, 0.05) is 0 Å². The smallest absolute Gasteiger partial charge is 0.211 e. The van der Waals surface area contributed by atoms with Crippen molar-refractivity contribution >= 4 is 12.2 Å². The Morgan fingerprint density at radius 2 is 0.786 bits per heavy atom. The lowest BCUT2D eigenvalue weighted by atomic mass is 9.95. The van der Waals surface area contributed by atoms with Crippen LogP contribution in [0.15, 0.2) is 9.98 Å². The van der Waals surface area contributed by atoms with E-state index in [-0.39, 0.29) is 0 Å². The van der Waals surface area contributed by atoms with Gasteiger partial charge in [-0.1, -0.05) is 110 Å². The van der Waals surface area contributed by atoms with Crippen molar-refractivity contribution in [3.05, 3.63) is 0 Å². The highest BCUT2D eigenvalue weighted by Crippen LogP contribution is 2.28. The van der Waals surface area contributed by atoms with E-state index in [9.17, 15) is 9.59 Å². The molecule has 0 N–H and O–H groups in total. The average molecular weight is 393 g/mol. The molecule has 0 spiro atoms. The first kappa shape index (κ1) is 26.8. The Morgan fingerprint density at radius 1 is 0.500 bits per heavy atom. The average Bonchev–Trinajstić information content (AvgIpc) is 2.69. The van der Waals surface area contributed by atoms with E-state index in [1.165, 1.54) is 77.0 Å². The van der Waals surface area contributed by atoms with Gasteiger partial charge in [0.1, 0.15) is 0 Å². The molecule has 0 saturated heterocycles. The maximum atomic E-state index is 10.8. The molecule has 0 aliphatic rings. The van der Waals surface area contributed by atoms with E-state index < -0.39 is 5.66 Å². The minimum Gasteiger partial charge on any atom is -0.211 e. The lowest BCUT2D eigenvalue weighted by Crippen LogP contribution is -2.23. The van der Waals surface area contributed by atoms with Crippen LogP contribution in [0.5, 0.6) is 0 Å². The summed E-state index contributed by atoms with van der Waals surface area (Å²) in [5.41, 5.74) is -0.907. The molecule has 4 nitrogen and oxygen atoms in total. The van der Waals surface area contributed by atoms with Gasteiger partial charge in [-0.05, 0) is 25.7 Å². The van der Waals surface area contributed by atoms with Crippen molar-refractivity contribution in [2.45, 2.75) is 142 Å². The fraction of sp³-hybridized carbons (Fsp3) is 0.917. The largest absolute Gasteiger partial charge is 0.237 e. The number of unbranched alkanes of at least 4 members (excludes halogenated alkanes) is 15. The Bertz CT molecular complexity index is 420. The molecule has 0 unspecified atom stereocenters. The molecule has 0 amide bonds. The highest BCUT2D eigenvalue weighted by Gasteiger charge is 2.28. The van der Waals surface area contributed by atoms with Gasteiger partial charge in [0.05, 0.1) is 0 Å². The summed E-state index contributed by atoms with van der Waals surface area (Å²) in [4.78, 5) is 29.4. The molecule has 0 radical (unpaired) electrons.